The van der Waals surface area contributed by atoms with Gasteiger partial charge < -0.3 is 14.2 Å². The van der Waals surface area contributed by atoms with Crippen molar-refractivity contribution in [1.82, 2.24) is 0 Å². The Morgan fingerprint density at radius 3 is 0.925 bits per heavy atom. The van der Waals surface area contributed by atoms with Crippen LogP contribution in [0.25, 0.3) is 0 Å². The summed E-state index contributed by atoms with van der Waals surface area (Å²) in [6.45, 7) is 6.39. The van der Waals surface area contributed by atoms with E-state index in [1.807, 2.05) is 0 Å². The molecule has 6 heteroatoms. The van der Waals surface area contributed by atoms with Gasteiger partial charge in [-0.15, -0.1) is 0 Å². The van der Waals surface area contributed by atoms with Gasteiger partial charge in [0.2, 0.25) is 0 Å². The molecule has 0 aliphatic rings. The number of carbonyl (C=O) groups excluding carboxylic acids is 3. The molecule has 0 N–H and O–H groups in total. The van der Waals surface area contributed by atoms with Crippen LogP contribution in [0.3, 0.4) is 0 Å². The summed E-state index contributed by atoms with van der Waals surface area (Å²) in [6, 6.07) is 0. The van der Waals surface area contributed by atoms with E-state index in [0.717, 1.165) is 122 Å². The molecule has 67 heavy (non-hydrogen) atoms. The molecule has 1 unspecified atom stereocenters. The third kappa shape index (κ3) is 53.4. The Morgan fingerprint density at radius 1 is 0.313 bits per heavy atom. The van der Waals surface area contributed by atoms with E-state index >= 15 is 0 Å². The predicted octanol–water partition coefficient (Wildman–Crippen LogP) is 18.8. The second-order valence-corrected chi connectivity index (χ2v) is 18.4. The third-order valence-electron chi connectivity index (χ3n) is 11.9. The van der Waals surface area contributed by atoms with Crippen molar-refractivity contribution in [3.63, 3.8) is 0 Å². The van der Waals surface area contributed by atoms with Crippen molar-refractivity contribution in [2.45, 2.75) is 271 Å². The van der Waals surface area contributed by atoms with Crippen molar-refractivity contribution in [3.8, 4) is 0 Å². The lowest BCUT2D eigenvalue weighted by Crippen LogP contribution is -2.30. The maximum Gasteiger partial charge on any atom is 0.306 e. The Morgan fingerprint density at radius 2 is 0.582 bits per heavy atom. The molecule has 0 aliphatic carbocycles. The lowest BCUT2D eigenvalue weighted by molar-refractivity contribution is -0.167. The molecule has 1 atom stereocenters. The second kappa shape index (κ2) is 55.2. The molecule has 0 aliphatic heterocycles. The van der Waals surface area contributed by atoms with Crippen molar-refractivity contribution in [3.05, 3.63) is 85.1 Å². The number of rotatable bonds is 50. The fourth-order valence-corrected chi connectivity index (χ4v) is 7.74. The van der Waals surface area contributed by atoms with E-state index in [2.05, 4.69) is 106 Å². The largest absolute Gasteiger partial charge is 0.462 e. The Kier molecular flexibility index (Phi) is 52.4. The summed E-state index contributed by atoms with van der Waals surface area (Å²) >= 11 is 0. The monoisotopic (exact) mass is 933 g/mol. The molecule has 0 saturated heterocycles. The molecule has 0 saturated carbocycles. The van der Waals surface area contributed by atoms with E-state index in [9.17, 15) is 14.4 Å². The summed E-state index contributed by atoms with van der Waals surface area (Å²) in [4.78, 5) is 38.1. The van der Waals surface area contributed by atoms with Crippen molar-refractivity contribution in [1.29, 1.82) is 0 Å². The highest BCUT2D eigenvalue weighted by Gasteiger charge is 2.19. The highest BCUT2D eigenvalue weighted by Crippen LogP contribution is 2.16. The van der Waals surface area contributed by atoms with Crippen LogP contribution in [0.2, 0.25) is 0 Å². The van der Waals surface area contributed by atoms with Gasteiger partial charge in [0.1, 0.15) is 13.2 Å². The van der Waals surface area contributed by atoms with Gasteiger partial charge in [-0.3, -0.25) is 14.4 Å². The molecule has 0 fully saturated rings. The van der Waals surface area contributed by atoms with Gasteiger partial charge in [-0.05, 0) is 89.9 Å². The normalized spacial score (nSPS) is 12.7. The quantitative estimate of drug-likeness (QED) is 0.0262. The van der Waals surface area contributed by atoms with Gasteiger partial charge >= 0.3 is 17.9 Å². The van der Waals surface area contributed by atoms with Crippen LogP contribution < -0.4 is 0 Å². The highest BCUT2D eigenvalue weighted by atomic mass is 16.6. The van der Waals surface area contributed by atoms with E-state index in [4.69, 9.17) is 14.2 Å². The van der Waals surface area contributed by atoms with Crippen LogP contribution in [0.15, 0.2) is 85.1 Å². The van der Waals surface area contributed by atoms with E-state index in [-0.39, 0.29) is 31.1 Å². The van der Waals surface area contributed by atoms with Gasteiger partial charge in [0.25, 0.3) is 0 Å². The minimum absolute atomic E-state index is 0.0921. The Bertz CT molecular complexity index is 1300. The van der Waals surface area contributed by atoms with E-state index in [1.54, 1.807) is 0 Å². The molecule has 0 radical (unpaired) electrons. The number of unbranched alkanes of at least 4 members (excludes halogenated alkanes) is 25. The smallest absolute Gasteiger partial charge is 0.306 e. The van der Waals surface area contributed by atoms with Gasteiger partial charge in [-0.25, -0.2) is 0 Å². The SMILES string of the molecule is CC/C=C\C/C=C\C/C=C\C/C=C\CCCCCCCCC(=O)OCC(COC(=O)CCCCC/C=C\C/C=C\C/C=C\CC)OC(=O)CCCCCCCCCCCCCCCCCCC. The summed E-state index contributed by atoms with van der Waals surface area (Å²) in [5, 5.41) is 0. The molecule has 0 aromatic rings. The number of allylic oxidation sites excluding steroid dienone is 14. The number of carbonyl (C=O) groups is 3. The molecule has 6 nitrogen and oxygen atoms in total. The molecule has 384 valence electrons. The Hall–Kier alpha value is -3.41. The Balaban J connectivity index is 4.41. The zero-order valence-electron chi connectivity index (χ0n) is 43.9. The molecule has 0 aromatic carbocycles. The number of ether oxygens (including phenoxy) is 3. The van der Waals surface area contributed by atoms with Gasteiger partial charge in [0.05, 0.1) is 0 Å². The van der Waals surface area contributed by atoms with Gasteiger partial charge in [-0.2, -0.15) is 0 Å². The zero-order chi connectivity index (χ0) is 48.6. The lowest BCUT2D eigenvalue weighted by Gasteiger charge is -2.18. The van der Waals surface area contributed by atoms with Gasteiger partial charge in [0.15, 0.2) is 6.10 Å². The predicted molar refractivity (Wildman–Crippen MR) is 288 cm³/mol. The minimum atomic E-state index is -0.793. The third-order valence-corrected chi connectivity index (χ3v) is 11.9. The fourth-order valence-electron chi connectivity index (χ4n) is 7.74. The van der Waals surface area contributed by atoms with Crippen LogP contribution in [0.5, 0.6) is 0 Å². The second-order valence-electron chi connectivity index (χ2n) is 18.4. The molecule has 0 heterocycles. The lowest BCUT2D eigenvalue weighted by atomic mass is 10.0. The average Bonchev–Trinajstić information content (AvgIpc) is 3.33. The molecule has 0 aromatic heterocycles. The first-order valence-corrected chi connectivity index (χ1v) is 28.1. The summed E-state index contributed by atoms with van der Waals surface area (Å²) < 4.78 is 16.8. The number of hydrogen-bond donors (Lipinski definition) is 0. The maximum atomic E-state index is 12.8. The van der Waals surface area contributed by atoms with Crippen LogP contribution in [0.4, 0.5) is 0 Å². The van der Waals surface area contributed by atoms with Crippen molar-refractivity contribution >= 4 is 17.9 Å². The van der Waals surface area contributed by atoms with Crippen LogP contribution in [0, 0.1) is 0 Å². The minimum Gasteiger partial charge on any atom is -0.462 e. The average molecular weight is 933 g/mol. The Labute approximate surface area is 414 Å². The van der Waals surface area contributed by atoms with E-state index in [0.29, 0.717) is 19.3 Å². The summed E-state index contributed by atoms with van der Waals surface area (Å²) in [7, 11) is 0. The van der Waals surface area contributed by atoms with Crippen molar-refractivity contribution < 1.29 is 28.6 Å². The first-order valence-electron chi connectivity index (χ1n) is 28.1. The van der Waals surface area contributed by atoms with Gasteiger partial charge in [-0.1, -0.05) is 241 Å². The molecular weight excluding hydrogens is 829 g/mol. The molecular formula is C61H104O6. The topological polar surface area (TPSA) is 78.9 Å². The van der Waals surface area contributed by atoms with Crippen LogP contribution in [-0.2, 0) is 28.6 Å². The molecule has 0 spiro atoms. The maximum absolute atomic E-state index is 12.8. The molecule has 0 bridgehead atoms. The van der Waals surface area contributed by atoms with Crippen LogP contribution >= 0.6 is 0 Å². The summed E-state index contributed by atoms with van der Waals surface area (Å²) in [5.41, 5.74) is 0. The summed E-state index contributed by atoms with van der Waals surface area (Å²) in [6.07, 6.45) is 71.4. The van der Waals surface area contributed by atoms with Crippen molar-refractivity contribution in [2.24, 2.45) is 0 Å². The van der Waals surface area contributed by atoms with E-state index < -0.39 is 6.10 Å². The number of esters is 3. The standard InChI is InChI=1S/C61H104O6/c1-4-7-10-13-16-19-22-25-27-29-30-32-33-36-39-42-45-48-51-54-60(63)66-57-58(56-65-59(62)53-50-47-44-41-38-35-24-21-18-15-12-9-6-3)67-61(64)55-52-49-46-43-40-37-34-31-28-26-23-20-17-14-11-8-5-2/h7,9-10,12,16,18-19,21,25,27,30,32,35,38,58H,4-6,8,11,13-15,17,20,22-24,26,28-29,31,33-34,36-37,39-57H2,1-3H3/b10-7-,12-9-,19-16-,21-18-,27-25-,32-30-,38-35-. The first kappa shape index (κ1) is 63.6. The van der Waals surface area contributed by atoms with Crippen LogP contribution in [0.1, 0.15) is 265 Å². The zero-order valence-corrected chi connectivity index (χ0v) is 43.9. The molecule has 0 amide bonds. The fraction of sp³-hybridized carbons (Fsp3) is 0.721. The van der Waals surface area contributed by atoms with Gasteiger partial charge in [0, 0.05) is 19.3 Å². The highest BCUT2D eigenvalue weighted by molar-refractivity contribution is 5.71. The first-order chi connectivity index (χ1) is 33.0. The van der Waals surface area contributed by atoms with E-state index in [1.165, 1.54) is 103 Å². The summed E-state index contributed by atoms with van der Waals surface area (Å²) in [5.74, 6) is -0.928. The van der Waals surface area contributed by atoms with Crippen LogP contribution in [-0.4, -0.2) is 37.2 Å². The molecule has 0 rings (SSSR count). The number of hydrogen-bond acceptors (Lipinski definition) is 6. The van der Waals surface area contributed by atoms with Crippen molar-refractivity contribution in [2.75, 3.05) is 13.2 Å².